The number of aliphatic carboxylic acids is 1. The van der Waals surface area contributed by atoms with Crippen LogP contribution in [0.4, 0.5) is 0 Å². The van der Waals surface area contributed by atoms with E-state index in [1.54, 1.807) is 0 Å². The molecule has 0 bridgehead atoms. The van der Waals surface area contributed by atoms with Gasteiger partial charge in [0.05, 0.1) is 5.92 Å². The summed E-state index contributed by atoms with van der Waals surface area (Å²) in [5.74, 6) is -0.0227. The third-order valence-electron chi connectivity index (χ3n) is 2.04. The van der Waals surface area contributed by atoms with Gasteiger partial charge in [0.15, 0.2) is 0 Å². The molecule has 10 heavy (non-hydrogen) atoms. The van der Waals surface area contributed by atoms with Crippen LogP contribution in [0.2, 0.25) is 0 Å². The topological polar surface area (TPSA) is 37.3 Å². The first-order valence-corrected chi connectivity index (χ1v) is 3.43. The van der Waals surface area contributed by atoms with E-state index in [0.717, 1.165) is 19.3 Å². The zero-order valence-corrected chi connectivity index (χ0v) is 5.63. The van der Waals surface area contributed by atoms with Crippen LogP contribution in [0.25, 0.3) is 0 Å². The van der Waals surface area contributed by atoms with Crippen LogP contribution in [0.5, 0.6) is 0 Å². The van der Waals surface area contributed by atoms with Gasteiger partial charge in [-0.3, -0.25) is 4.79 Å². The number of hydrogen-bond donors (Lipinski definition) is 1. The fraction of sp³-hybridized carbons (Fsp3) is 0.857. The van der Waals surface area contributed by atoms with Crippen molar-refractivity contribution in [1.82, 2.24) is 0 Å². The van der Waals surface area contributed by atoms with Crippen molar-refractivity contribution in [2.45, 2.75) is 26.2 Å². The summed E-state index contributed by atoms with van der Waals surface area (Å²) >= 11 is 0. The summed E-state index contributed by atoms with van der Waals surface area (Å²) in [5, 5.41) is 8.53. The Labute approximate surface area is 74.1 Å². The van der Waals surface area contributed by atoms with E-state index >= 15 is 0 Å². The standard InChI is InChI=1S/C7H12O2.Ga.3H/c1-5-2-3-6(4-5)7(8)9;;;;/h5-6H,2-4H2,1H3,(H,8,9);;;;. The second-order valence-corrected chi connectivity index (χ2v) is 2.95. The van der Waals surface area contributed by atoms with E-state index in [9.17, 15) is 4.79 Å². The maximum absolute atomic E-state index is 10.3. The van der Waals surface area contributed by atoms with Crippen LogP contribution in [0, 0.1) is 11.8 Å². The fourth-order valence-electron chi connectivity index (χ4n) is 1.43. The van der Waals surface area contributed by atoms with Gasteiger partial charge in [-0.05, 0) is 25.2 Å². The molecule has 0 radical (unpaired) electrons. The monoisotopic (exact) mass is 200 g/mol. The molecular formula is C7H15GaO2. The van der Waals surface area contributed by atoms with Gasteiger partial charge in [0.1, 0.15) is 0 Å². The van der Waals surface area contributed by atoms with E-state index in [-0.39, 0.29) is 25.7 Å². The van der Waals surface area contributed by atoms with Gasteiger partial charge < -0.3 is 5.11 Å². The van der Waals surface area contributed by atoms with Gasteiger partial charge in [-0.2, -0.15) is 0 Å². The summed E-state index contributed by atoms with van der Waals surface area (Å²) in [6, 6.07) is 0. The van der Waals surface area contributed by atoms with Crippen LogP contribution in [-0.4, -0.2) is 30.9 Å². The average molecular weight is 201 g/mol. The Bertz CT molecular complexity index is 125. The van der Waals surface area contributed by atoms with Gasteiger partial charge in [-0.25, -0.2) is 0 Å². The molecule has 0 spiro atoms. The molecule has 58 valence electrons. The molecule has 2 nitrogen and oxygen atoms in total. The second kappa shape index (κ2) is 4.08. The summed E-state index contributed by atoms with van der Waals surface area (Å²) < 4.78 is 0. The van der Waals surface area contributed by atoms with Crippen LogP contribution in [0.15, 0.2) is 0 Å². The predicted molar refractivity (Wildman–Crippen MR) is 44.1 cm³/mol. The van der Waals surface area contributed by atoms with Crippen molar-refractivity contribution in [1.29, 1.82) is 0 Å². The first-order valence-electron chi connectivity index (χ1n) is 3.43. The van der Waals surface area contributed by atoms with Crippen molar-refractivity contribution in [3.63, 3.8) is 0 Å². The van der Waals surface area contributed by atoms with Gasteiger partial charge in [-0.15, -0.1) is 0 Å². The SMILES string of the molecule is CC1CCC(C(=O)O)C1.[GaH3]. The molecule has 1 N–H and O–H groups in total. The number of hydrogen-bond acceptors (Lipinski definition) is 1. The molecule has 1 fully saturated rings. The molecule has 1 aliphatic carbocycles. The normalized spacial score (nSPS) is 31.3. The van der Waals surface area contributed by atoms with Gasteiger partial charge in [0.25, 0.3) is 0 Å². The quantitative estimate of drug-likeness (QED) is 0.620. The third kappa shape index (κ3) is 2.38. The van der Waals surface area contributed by atoms with Crippen molar-refractivity contribution < 1.29 is 9.90 Å². The van der Waals surface area contributed by atoms with Gasteiger partial charge in [0.2, 0.25) is 0 Å². The summed E-state index contributed by atoms with van der Waals surface area (Å²) in [4.78, 5) is 10.3. The molecule has 0 saturated heterocycles. The molecule has 2 atom stereocenters. The van der Waals surface area contributed by atoms with Crippen molar-refractivity contribution in [3.8, 4) is 0 Å². The number of carboxylic acids is 1. The van der Waals surface area contributed by atoms with E-state index in [0.29, 0.717) is 5.92 Å². The Morgan fingerprint density at radius 1 is 1.50 bits per heavy atom. The number of carboxylic acid groups (broad SMARTS) is 1. The second-order valence-electron chi connectivity index (χ2n) is 2.95. The van der Waals surface area contributed by atoms with Crippen LogP contribution >= 0.6 is 0 Å². The molecule has 0 aromatic heterocycles. The van der Waals surface area contributed by atoms with Gasteiger partial charge in [0, 0.05) is 0 Å². The van der Waals surface area contributed by atoms with Gasteiger partial charge >= 0.3 is 25.8 Å². The molecule has 0 aliphatic heterocycles. The Hall–Kier alpha value is 0.106. The molecule has 1 rings (SSSR count). The minimum atomic E-state index is -0.612. The van der Waals surface area contributed by atoms with Crippen LogP contribution in [0.3, 0.4) is 0 Å². The molecule has 2 unspecified atom stereocenters. The number of rotatable bonds is 1. The molecular weight excluding hydrogens is 186 g/mol. The molecule has 0 aromatic carbocycles. The molecule has 0 heterocycles. The fourth-order valence-corrected chi connectivity index (χ4v) is 1.43. The summed E-state index contributed by atoms with van der Waals surface area (Å²) in [5.41, 5.74) is 0. The van der Waals surface area contributed by atoms with Crippen molar-refractivity contribution in [2.75, 3.05) is 0 Å². The zero-order valence-electron chi connectivity index (χ0n) is 5.63. The first-order chi connectivity index (χ1) is 4.20. The Morgan fingerprint density at radius 2 is 2.10 bits per heavy atom. The Balaban J connectivity index is 0.000000810. The van der Waals surface area contributed by atoms with E-state index < -0.39 is 5.97 Å². The Morgan fingerprint density at radius 3 is 2.30 bits per heavy atom. The summed E-state index contributed by atoms with van der Waals surface area (Å²) in [6.07, 6.45) is 2.86. The molecule has 1 aliphatic rings. The van der Waals surface area contributed by atoms with Crippen molar-refractivity contribution >= 4 is 25.8 Å². The van der Waals surface area contributed by atoms with Gasteiger partial charge in [-0.1, -0.05) is 6.92 Å². The van der Waals surface area contributed by atoms with Crippen LogP contribution in [0.1, 0.15) is 26.2 Å². The number of carbonyl (C=O) groups is 1. The van der Waals surface area contributed by atoms with Crippen molar-refractivity contribution in [2.24, 2.45) is 11.8 Å². The first kappa shape index (κ1) is 10.1. The predicted octanol–water partition coefficient (Wildman–Crippen LogP) is 0.323. The van der Waals surface area contributed by atoms with Crippen LogP contribution in [-0.2, 0) is 4.79 Å². The Kier molecular flexibility index (Phi) is 4.13. The zero-order chi connectivity index (χ0) is 6.85. The van der Waals surface area contributed by atoms with E-state index in [1.165, 1.54) is 0 Å². The van der Waals surface area contributed by atoms with E-state index in [2.05, 4.69) is 6.92 Å². The minimum absolute atomic E-state index is 0. The molecule has 0 aromatic rings. The summed E-state index contributed by atoms with van der Waals surface area (Å²) in [6.45, 7) is 2.11. The molecule has 1 saturated carbocycles. The van der Waals surface area contributed by atoms with Crippen molar-refractivity contribution in [3.05, 3.63) is 0 Å². The van der Waals surface area contributed by atoms with E-state index in [1.807, 2.05) is 0 Å². The third-order valence-corrected chi connectivity index (χ3v) is 2.04. The average Bonchev–Trinajstić information content (AvgIpc) is 2.14. The molecule has 3 heteroatoms. The van der Waals surface area contributed by atoms with Crippen LogP contribution < -0.4 is 0 Å². The molecule has 0 amide bonds. The maximum atomic E-state index is 10.3. The van der Waals surface area contributed by atoms with E-state index in [4.69, 9.17) is 5.11 Å². The summed E-state index contributed by atoms with van der Waals surface area (Å²) in [7, 11) is 0.